The third-order valence-electron chi connectivity index (χ3n) is 5.30. The van der Waals surface area contributed by atoms with Crippen LogP contribution >= 0.6 is 0 Å². The van der Waals surface area contributed by atoms with Gasteiger partial charge in [0.05, 0.1) is 5.69 Å². The van der Waals surface area contributed by atoms with Crippen LogP contribution in [0.25, 0.3) is 16.8 Å². The maximum Gasteiger partial charge on any atom is 0.345 e. The zero-order chi connectivity index (χ0) is 18.4. The van der Waals surface area contributed by atoms with Gasteiger partial charge in [-0.1, -0.05) is 19.1 Å². The lowest BCUT2D eigenvalue weighted by Gasteiger charge is -2.16. The van der Waals surface area contributed by atoms with Gasteiger partial charge in [0, 0.05) is 12.1 Å². The average molecular weight is 352 g/mol. The largest absolute Gasteiger partial charge is 0.506 e. The SMILES string of the molecule is CCc1c(-c2ccc3c(c2)CC2=C3CCNC2)[nH]c(=O)c(C(=O)O)c1O. The molecule has 1 aliphatic heterocycles. The van der Waals surface area contributed by atoms with Crippen LogP contribution in [0.3, 0.4) is 0 Å². The van der Waals surface area contributed by atoms with Crippen LogP contribution in [0.2, 0.25) is 0 Å². The molecular formula is C20H20N2O4. The average Bonchev–Trinajstić information content (AvgIpc) is 2.98. The second-order valence-electron chi connectivity index (χ2n) is 6.75. The second kappa shape index (κ2) is 6.14. The summed E-state index contributed by atoms with van der Waals surface area (Å²) < 4.78 is 0. The maximum atomic E-state index is 12.2. The van der Waals surface area contributed by atoms with Gasteiger partial charge in [-0.2, -0.15) is 0 Å². The van der Waals surface area contributed by atoms with E-state index < -0.39 is 22.8 Å². The van der Waals surface area contributed by atoms with Crippen molar-refractivity contribution in [3.05, 3.63) is 56.4 Å². The number of hydrogen-bond donors (Lipinski definition) is 4. The minimum Gasteiger partial charge on any atom is -0.506 e. The van der Waals surface area contributed by atoms with E-state index in [9.17, 15) is 19.8 Å². The van der Waals surface area contributed by atoms with E-state index in [2.05, 4.69) is 16.4 Å². The highest BCUT2D eigenvalue weighted by Gasteiger charge is 2.25. The predicted octanol–water partition coefficient (Wildman–Crippen LogP) is 2.31. The molecule has 4 rings (SSSR count). The van der Waals surface area contributed by atoms with Gasteiger partial charge >= 0.3 is 5.97 Å². The van der Waals surface area contributed by atoms with E-state index in [0.29, 0.717) is 17.7 Å². The first-order chi connectivity index (χ1) is 12.5. The first-order valence-corrected chi connectivity index (χ1v) is 8.78. The molecule has 1 aromatic carbocycles. The molecule has 2 aromatic rings. The molecule has 2 aliphatic rings. The Morgan fingerprint density at radius 3 is 2.85 bits per heavy atom. The van der Waals surface area contributed by atoms with E-state index in [0.717, 1.165) is 31.5 Å². The third kappa shape index (κ3) is 2.45. The van der Waals surface area contributed by atoms with Crippen LogP contribution in [0.4, 0.5) is 0 Å². The van der Waals surface area contributed by atoms with Crippen molar-refractivity contribution in [2.45, 2.75) is 26.2 Å². The number of aromatic amines is 1. The molecule has 1 aromatic heterocycles. The molecule has 2 heterocycles. The summed E-state index contributed by atoms with van der Waals surface area (Å²) in [5.41, 5.74) is 5.63. The number of aromatic nitrogens is 1. The Balaban J connectivity index is 1.84. The molecule has 1 aliphatic carbocycles. The Hall–Kier alpha value is -2.86. The smallest absolute Gasteiger partial charge is 0.345 e. The Morgan fingerprint density at radius 2 is 2.12 bits per heavy atom. The summed E-state index contributed by atoms with van der Waals surface area (Å²) in [5, 5.41) is 22.9. The number of fused-ring (bicyclic) bond motifs is 2. The molecule has 26 heavy (non-hydrogen) atoms. The summed E-state index contributed by atoms with van der Waals surface area (Å²) in [6, 6.07) is 6.04. The number of carbonyl (C=O) groups is 1. The highest BCUT2D eigenvalue weighted by molar-refractivity contribution is 5.92. The van der Waals surface area contributed by atoms with Crippen molar-refractivity contribution in [3.63, 3.8) is 0 Å². The van der Waals surface area contributed by atoms with Crippen LogP contribution in [-0.4, -0.2) is 34.3 Å². The molecule has 0 saturated heterocycles. The topological polar surface area (TPSA) is 102 Å². The summed E-state index contributed by atoms with van der Waals surface area (Å²) in [5.74, 6) is -1.87. The molecule has 0 atom stereocenters. The number of hydrogen-bond acceptors (Lipinski definition) is 4. The lowest BCUT2D eigenvalue weighted by atomic mass is 9.95. The number of benzene rings is 1. The van der Waals surface area contributed by atoms with Crippen LogP contribution in [-0.2, 0) is 12.8 Å². The fraction of sp³-hybridized carbons (Fsp3) is 0.300. The van der Waals surface area contributed by atoms with Gasteiger partial charge in [0.25, 0.3) is 5.56 Å². The van der Waals surface area contributed by atoms with Crippen molar-refractivity contribution < 1.29 is 15.0 Å². The number of pyridine rings is 1. The normalized spacial score (nSPS) is 15.7. The summed E-state index contributed by atoms with van der Waals surface area (Å²) in [6.45, 7) is 3.71. The van der Waals surface area contributed by atoms with E-state index in [4.69, 9.17) is 0 Å². The minimum atomic E-state index is -1.43. The van der Waals surface area contributed by atoms with Gasteiger partial charge in [-0.25, -0.2) is 4.79 Å². The molecule has 0 fully saturated rings. The Morgan fingerprint density at radius 1 is 1.31 bits per heavy atom. The standard InChI is InChI=1S/C20H20N2O4/c1-2-13-17(22-19(24)16(18(13)23)20(25)26)10-3-4-14-11(7-10)8-12-9-21-6-5-15(12)14/h3-4,7,21H,2,5-6,8-9H2,1H3,(H,25,26)(H2,22,23,24). The van der Waals surface area contributed by atoms with Gasteiger partial charge in [-0.15, -0.1) is 0 Å². The van der Waals surface area contributed by atoms with E-state index in [1.807, 2.05) is 19.1 Å². The molecule has 0 amide bonds. The highest BCUT2D eigenvalue weighted by atomic mass is 16.4. The number of rotatable bonds is 3. The van der Waals surface area contributed by atoms with Crippen molar-refractivity contribution >= 4 is 11.5 Å². The molecule has 6 nitrogen and oxygen atoms in total. The van der Waals surface area contributed by atoms with Crippen LogP contribution < -0.4 is 10.9 Å². The van der Waals surface area contributed by atoms with Crippen molar-refractivity contribution in [2.24, 2.45) is 0 Å². The van der Waals surface area contributed by atoms with E-state index in [-0.39, 0.29) is 0 Å². The van der Waals surface area contributed by atoms with Crippen molar-refractivity contribution in [3.8, 4) is 17.0 Å². The maximum absolute atomic E-state index is 12.2. The Labute approximate surface area is 150 Å². The number of carboxylic acid groups (broad SMARTS) is 1. The Bertz CT molecular complexity index is 1020. The zero-order valence-electron chi connectivity index (χ0n) is 14.5. The molecule has 134 valence electrons. The molecule has 6 heteroatoms. The summed E-state index contributed by atoms with van der Waals surface area (Å²) >= 11 is 0. The van der Waals surface area contributed by atoms with E-state index >= 15 is 0 Å². The number of aromatic hydroxyl groups is 1. The van der Waals surface area contributed by atoms with Gasteiger partial charge in [-0.05, 0) is 59.7 Å². The van der Waals surface area contributed by atoms with Crippen LogP contribution in [0.5, 0.6) is 5.75 Å². The molecule has 4 N–H and O–H groups in total. The van der Waals surface area contributed by atoms with Gasteiger partial charge < -0.3 is 20.5 Å². The second-order valence-corrected chi connectivity index (χ2v) is 6.75. The molecular weight excluding hydrogens is 332 g/mol. The first kappa shape index (κ1) is 16.6. The zero-order valence-corrected chi connectivity index (χ0v) is 14.5. The lowest BCUT2D eigenvalue weighted by Crippen LogP contribution is -2.23. The fourth-order valence-corrected chi connectivity index (χ4v) is 4.07. The van der Waals surface area contributed by atoms with Crippen LogP contribution in [0.1, 0.15) is 40.4 Å². The van der Waals surface area contributed by atoms with Gasteiger partial charge in [0.1, 0.15) is 5.75 Å². The molecule has 0 saturated carbocycles. The molecule has 0 radical (unpaired) electrons. The molecule has 0 unspecified atom stereocenters. The lowest BCUT2D eigenvalue weighted by molar-refractivity contribution is 0.0691. The minimum absolute atomic E-state index is 0.411. The first-order valence-electron chi connectivity index (χ1n) is 8.78. The van der Waals surface area contributed by atoms with Crippen molar-refractivity contribution in [1.29, 1.82) is 0 Å². The molecule has 0 bridgehead atoms. The number of H-pyrrole nitrogens is 1. The number of aromatic carboxylic acids is 1. The van der Waals surface area contributed by atoms with E-state index in [1.165, 1.54) is 22.3 Å². The fourth-order valence-electron chi connectivity index (χ4n) is 4.07. The Kier molecular flexibility index (Phi) is 3.92. The summed E-state index contributed by atoms with van der Waals surface area (Å²) in [6.07, 6.45) is 2.32. The van der Waals surface area contributed by atoms with Crippen molar-refractivity contribution in [1.82, 2.24) is 10.3 Å². The van der Waals surface area contributed by atoms with Gasteiger partial charge in [0.2, 0.25) is 0 Å². The van der Waals surface area contributed by atoms with Gasteiger partial charge in [0.15, 0.2) is 5.56 Å². The van der Waals surface area contributed by atoms with Crippen molar-refractivity contribution in [2.75, 3.05) is 13.1 Å². The summed E-state index contributed by atoms with van der Waals surface area (Å²) in [4.78, 5) is 26.1. The number of carboxylic acids is 1. The quantitative estimate of drug-likeness (QED) is 0.679. The number of nitrogens with one attached hydrogen (secondary N) is 2. The van der Waals surface area contributed by atoms with E-state index in [1.54, 1.807) is 0 Å². The van der Waals surface area contributed by atoms with Crippen LogP contribution in [0.15, 0.2) is 28.6 Å². The highest BCUT2D eigenvalue weighted by Crippen LogP contribution is 2.39. The molecule has 0 spiro atoms. The van der Waals surface area contributed by atoms with Gasteiger partial charge in [-0.3, -0.25) is 4.79 Å². The van der Waals surface area contributed by atoms with Crippen LogP contribution in [0, 0.1) is 0 Å². The monoisotopic (exact) mass is 352 g/mol. The third-order valence-corrected chi connectivity index (χ3v) is 5.30. The summed E-state index contributed by atoms with van der Waals surface area (Å²) in [7, 11) is 0. The predicted molar refractivity (Wildman–Crippen MR) is 98.6 cm³/mol.